The minimum absolute atomic E-state index is 0.0235. The number of hydrogen-bond acceptors (Lipinski definition) is 13. The summed E-state index contributed by atoms with van der Waals surface area (Å²) in [4.78, 5) is 59.7. The highest BCUT2D eigenvalue weighted by Gasteiger charge is 2.53. The lowest BCUT2D eigenvalue weighted by Crippen LogP contribution is -2.63. The molecular formula is C25H28O13. The second-order valence-electron chi connectivity index (χ2n) is 8.63. The Hall–Kier alpha value is -4.13. The third kappa shape index (κ3) is 6.40. The molecule has 1 aromatic carbocycles. The highest BCUT2D eigenvalue weighted by Crippen LogP contribution is 2.37. The van der Waals surface area contributed by atoms with E-state index >= 15 is 0 Å². The second-order valence-corrected chi connectivity index (χ2v) is 8.63. The largest absolute Gasteiger partial charge is 0.507 e. The van der Waals surface area contributed by atoms with Gasteiger partial charge in [-0.15, -0.1) is 0 Å². The Bertz CT molecular complexity index is 1310. The van der Waals surface area contributed by atoms with E-state index in [1.165, 1.54) is 6.07 Å². The van der Waals surface area contributed by atoms with Crippen LogP contribution in [0, 0.1) is 13.8 Å². The fourth-order valence-electron chi connectivity index (χ4n) is 4.06. The zero-order valence-electron chi connectivity index (χ0n) is 21.6. The smallest absolute Gasteiger partial charge is 0.303 e. The number of aryl methyl sites for hydroxylation is 2. The maximum Gasteiger partial charge on any atom is 0.303 e. The Labute approximate surface area is 216 Å². The lowest BCUT2D eigenvalue weighted by Gasteiger charge is -2.44. The average molecular weight is 536 g/mol. The number of esters is 4. The van der Waals surface area contributed by atoms with E-state index in [2.05, 4.69) is 0 Å². The molecule has 13 heteroatoms. The average Bonchev–Trinajstić information content (AvgIpc) is 2.78. The van der Waals surface area contributed by atoms with Gasteiger partial charge in [0.25, 0.3) is 0 Å². The molecule has 38 heavy (non-hydrogen) atoms. The number of hydrogen-bond donors (Lipinski definition) is 1. The SMILES string of the molecule is CC(=O)OCC1OC(Oc2cc(O)c3c(=O)cc(C)oc3c2C)C(OC(C)=O)C(OC(C)=O)C1OC(C)=O. The molecule has 0 radical (unpaired) electrons. The van der Waals surface area contributed by atoms with Crippen molar-refractivity contribution >= 4 is 34.8 Å². The first-order valence-corrected chi connectivity index (χ1v) is 11.5. The number of ether oxygens (including phenoxy) is 6. The molecule has 5 atom stereocenters. The summed E-state index contributed by atoms with van der Waals surface area (Å²) in [5.74, 6) is -3.22. The van der Waals surface area contributed by atoms with Gasteiger partial charge in [0, 0.05) is 45.4 Å². The Morgan fingerprint density at radius 1 is 0.868 bits per heavy atom. The standard InChI is InChI=1S/C25H28O13/c1-10-7-16(30)20-17(31)8-18(11(2)21(20)33-10)37-25-24(36-15(6)29)23(35-14(5)28)22(34-13(4)27)19(38-25)9-32-12(3)26/h7-8,19,22-25,31H,9H2,1-6H3. The fourth-order valence-corrected chi connectivity index (χ4v) is 4.06. The molecule has 0 saturated carbocycles. The van der Waals surface area contributed by atoms with Gasteiger partial charge in [-0.2, -0.15) is 0 Å². The predicted molar refractivity (Wildman–Crippen MR) is 126 cm³/mol. The minimum Gasteiger partial charge on any atom is -0.507 e. The number of carbonyl (C=O) groups is 4. The Kier molecular flexibility index (Phi) is 8.61. The van der Waals surface area contributed by atoms with Gasteiger partial charge < -0.3 is 37.9 Å². The van der Waals surface area contributed by atoms with Crippen LogP contribution in [0.3, 0.4) is 0 Å². The summed E-state index contributed by atoms with van der Waals surface area (Å²) in [6.45, 7) is 7.13. The summed E-state index contributed by atoms with van der Waals surface area (Å²) >= 11 is 0. The molecule has 206 valence electrons. The van der Waals surface area contributed by atoms with Crippen LogP contribution in [0.25, 0.3) is 11.0 Å². The molecule has 5 unspecified atom stereocenters. The zero-order chi connectivity index (χ0) is 28.3. The molecular weight excluding hydrogens is 508 g/mol. The third-order valence-electron chi connectivity index (χ3n) is 5.50. The lowest BCUT2D eigenvalue weighted by molar-refractivity contribution is -0.288. The van der Waals surface area contributed by atoms with Gasteiger partial charge in [-0.05, 0) is 13.8 Å². The predicted octanol–water partition coefficient (Wildman–Crippen LogP) is 1.58. The van der Waals surface area contributed by atoms with E-state index in [0.29, 0.717) is 5.56 Å². The molecule has 1 aromatic heterocycles. The van der Waals surface area contributed by atoms with E-state index in [1.54, 1.807) is 13.8 Å². The van der Waals surface area contributed by atoms with Crippen molar-refractivity contribution < 1.29 is 57.1 Å². The number of rotatable bonds is 7. The fraction of sp³-hybridized carbons (Fsp3) is 0.480. The highest BCUT2D eigenvalue weighted by molar-refractivity contribution is 5.87. The van der Waals surface area contributed by atoms with Gasteiger partial charge >= 0.3 is 23.9 Å². The topological polar surface area (TPSA) is 174 Å². The number of carbonyl (C=O) groups excluding carboxylic acids is 4. The molecule has 2 aromatic rings. The van der Waals surface area contributed by atoms with Gasteiger partial charge in [0.05, 0.1) is 0 Å². The van der Waals surface area contributed by atoms with E-state index < -0.39 is 72.4 Å². The van der Waals surface area contributed by atoms with Crippen molar-refractivity contribution in [2.45, 2.75) is 72.2 Å². The van der Waals surface area contributed by atoms with Gasteiger partial charge in [0.2, 0.25) is 12.4 Å². The normalized spacial score (nSPS) is 22.8. The Morgan fingerprint density at radius 2 is 1.45 bits per heavy atom. The van der Waals surface area contributed by atoms with Crippen molar-refractivity contribution in [2.75, 3.05) is 6.61 Å². The highest BCUT2D eigenvalue weighted by atomic mass is 16.7. The van der Waals surface area contributed by atoms with E-state index in [-0.39, 0.29) is 22.5 Å². The molecule has 2 heterocycles. The van der Waals surface area contributed by atoms with Gasteiger partial charge in [-0.25, -0.2) is 0 Å². The summed E-state index contributed by atoms with van der Waals surface area (Å²) in [7, 11) is 0. The van der Waals surface area contributed by atoms with Gasteiger partial charge in [0.15, 0.2) is 17.6 Å². The molecule has 0 amide bonds. The summed E-state index contributed by atoms with van der Waals surface area (Å²) in [5, 5.41) is 10.5. The molecule has 0 spiro atoms. The molecule has 3 rings (SSSR count). The summed E-state index contributed by atoms with van der Waals surface area (Å²) in [6, 6.07) is 2.37. The van der Waals surface area contributed by atoms with Gasteiger partial charge in [-0.3, -0.25) is 24.0 Å². The molecule has 1 fully saturated rings. The minimum atomic E-state index is -1.53. The zero-order valence-corrected chi connectivity index (χ0v) is 21.6. The molecule has 1 saturated heterocycles. The quantitative estimate of drug-likeness (QED) is 0.399. The first-order valence-electron chi connectivity index (χ1n) is 11.5. The number of phenolic OH excluding ortho intramolecular Hbond substituents is 1. The van der Waals surface area contributed by atoms with Crippen LogP contribution in [0.2, 0.25) is 0 Å². The lowest BCUT2D eigenvalue weighted by atomic mass is 9.98. The van der Waals surface area contributed by atoms with Crippen LogP contribution >= 0.6 is 0 Å². The number of phenols is 1. The van der Waals surface area contributed by atoms with Crippen molar-refractivity contribution in [1.82, 2.24) is 0 Å². The van der Waals surface area contributed by atoms with Crippen molar-refractivity contribution in [3.05, 3.63) is 33.7 Å². The maximum atomic E-state index is 12.4. The molecule has 1 aliphatic rings. The first kappa shape index (κ1) is 28.4. The van der Waals surface area contributed by atoms with Crippen molar-refractivity contribution in [3.63, 3.8) is 0 Å². The molecule has 1 aliphatic heterocycles. The van der Waals surface area contributed by atoms with Crippen LogP contribution in [-0.4, -0.2) is 66.3 Å². The summed E-state index contributed by atoms with van der Waals surface area (Å²) < 4.78 is 38.6. The maximum absolute atomic E-state index is 12.4. The van der Waals surface area contributed by atoms with Crippen LogP contribution < -0.4 is 10.2 Å². The molecule has 1 N–H and O–H groups in total. The summed E-state index contributed by atoms with van der Waals surface area (Å²) in [5.41, 5.74) is -0.120. The number of benzene rings is 1. The third-order valence-corrected chi connectivity index (χ3v) is 5.50. The van der Waals surface area contributed by atoms with E-state index in [1.807, 2.05) is 0 Å². The Balaban J connectivity index is 2.12. The van der Waals surface area contributed by atoms with Gasteiger partial charge in [0.1, 0.15) is 40.9 Å². The molecule has 0 aliphatic carbocycles. The molecule has 13 nitrogen and oxygen atoms in total. The van der Waals surface area contributed by atoms with Crippen molar-refractivity contribution in [3.8, 4) is 11.5 Å². The monoisotopic (exact) mass is 536 g/mol. The van der Waals surface area contributed by atoms with Crippen LogP contribution in [0.4, 0.5) is 0 Å². The number of aromatic hydroxyl groups is 1. The van der Waals surface area contributed by atoms with Crippen molar-refractivity contribution in [2.24, 2.45) is 0 Å². The number of fused-ring (bicyclic) bond motifs is 1. The van der Waals surface area contributed by atoms with Crippen LogP contribution in [0.5, 0.6) is 11.5 Å². The summed E-state index contributed by atoms with van der Waals surface area (Å²) in [6.07, 6.45) is -7.02. The van der Waals surface area contributed by atoms with Crippen LogP contribution in [0.1, 0.15) is 39.0 Å². The molecule has 0 bridgehead atoms. The van der Waals surface area contributed by atoms with Crippen LogP contribution in [-0.2, 0) is 42.9 Å². The van der Waals surface area contributed by atoms with E-state index in [0.717, 1.165) is 33.8 Å². The Morgan fingerprint density at radius 3 is 2.03 bits per heavy atom. The van der Waals surface area contributed by atoms with E-state index in [9.17, 15) is 29.1 Å². The van der Waals surface area contributed by atoms with Gasteiger partial charge in [-0.1, -0.05) is 0 Å². The second kappa shape index (κ2) is 11.5. The van der Waals surface area contributed by atoms with Crippen molar-refractivity contribution in [1.29, 1.82) is 0 Å². The van der Waals surface area contributed by atoms with E-state index in [4.69, 9.17) is 32.8 Å². The first-order chi connectivity index (χ1) is 17.8. The van der Waals surface area contributed by atoms with Crippen LogP contribution in [0.15, 0.2) is 21.3 Å².